The minimum Gasteiger partial charge on any atom is -0.466 e. The SMILES string of the molecule is CCOC(=O)CC1=NN(C(C)C)C(=O)C1. The number of hydrazone groups is 1. The van der Waals surface area contributed by atoms with E-state index in [0.29, 0.717) is 12.3 Å². The molecular weight excluding hydrogens is 196 g/mol. The van der Waals surface area contributed by atoms with Gasteiger partial charge in [-0.05, 0) is 20.8 Å². The zero-order valence-corrected chi connectivity index (χ0v) is 9.32. The molecule has 1 aliphatic heterocycles. The topological polar surface area (TPSA) is 59.0 Å². The van der Waals surface area contributed by atoms with E-state index in [-0.39, 0.29) is 30.8 Å². The molecule has 0 aromatic carbocycles. The molecule has 0 radical (unpaired) electrons. The molecule has 0 N–H and O–H groups in total. The van der Waals surface area contributed by atoms with Gasteiger partial charge >= 0.3 is 5.97 Å². The number of carbonyl (C=O) groups excluding carboxylic acids is 2. The van der Waals surface area contributed by atoms with Crippen molar-refractivity contribution in [2.75, 3.05) is 6.61 Å². The van der Waals surface area contributed by atoms with Gasteiger partial charge in [-0.25, -0.2) is 5.01 Å². The summed E-state index contributed by atoms with van der Waals surface area (Å²) in [6, 6.07) is 0.0391. The Morgan fingerprint density at radius 2 is 2.27 bits per heavy atom. The molecule has 5 heteroatoms. The van der Waals surface area contributed by atoms with E-state index in [2.05, 4.69) is 5.10 Å². The Bertz CT molecular complexity index is 297. The number of rotatable bonds is 4. The first-order valence-electron chi connectivity index (χ1n) is 5.08. The fraction of sp³-hybridized carbons (Fsp3) is 0.700. The first-order chi connectivity index (χ1) is 7.04. The number of carbonyl (C=O) groups is 2. The number of hydrogen-bond acceptors (Lipinski definition) is 4. The second-order valence-electron chi connectivity index (χ2n) is 3.66. The summed E-state index contributed by atoms with van der Waals surface area (Å²) in [5.41, 5.74) is 0.590. The third-order valence-corrected chi connectivity index (χ3v) is 2.00. The highest BCUT2D eigenvalue weighted by Gasteiger charge is 2.27. The van der Waals surface area contributed by atoms with E-state index in [4.69, 9.17) is 4.74 Å². The Labute approximate surface area is 89.1 Å². The number of hydrogen-bond donors (Lipinski definition) is 0. The van der Waals surface area contributed by atoms with Crippen LogP contribution in [0.3, 0.4) is 0 Å². The van der Waals surface area contributed by atoms with Gasteiger partial charge in [0, 0.05) is 6.04 Å². The lowest BCUT2D eigenvalue weighted by Crippen LogP contribution is -2.27. The maximum Gasteiger partial charge on any atom is 0.311 e. The van der Waals surface area contributed by atoms with Crippen LogP contribution < -0.4 is 0 Å². The van der Waals surface area contributed by atoms with Gasteiger partial charge in [-0.3, -0.25) is 9.59 Å². The van der Waals surface area contributed by atoms with Gasteiger partial charge in [0.25, 0.3) is 0 Å². The maximum absolute atomic E-state index is 11.4. The Morgan fingerprint density at radius 1 is 1.60 bits per heavy atom. The van der Waals surface area contributed by atoms with E-state index < -0.39 is 0 Å². The van der Waals surface area contributed by atoms with Crippen molar-refractivity contribution in [2.24, 2.45) is 5.10 Å². The van der Waals surface area contributed by atoms with Crippen molar-refractivity contribution in [1.82, 2.24) is 5.01 Å². The molecule has 1 rings (SSSR count). The van der Waals surface area contributed by atoms with Crippen LogP contribution in [0.15, 0.2) is 5.10 Å². The predicted molar refractivity (Wildman–Crippen MR) is 55.3 cm³/mol. The lowest BCUT2D eigenvalue weighted by molar-refractivity contribution is -0.141. The lowest BCUT2D eigenvalue weighted by atomic mass is 10.2. The van der Waals surface area contributed by atoms with Crippen molar-refractivity contribution < 1.29 is 14.3 Å². The molecule has 1 aliphatic rings. The predicted octanol–water partition coefficient (Wildman–Crippen LogP) is 0.936. The van der Waals surface area contributed by atoms with E-state index in [0.717, 1.165) is 0 Å². The van der Waals surface area contributed by atoms with Crippen LogP contribution in [0.4, 0.5) is 0 Å². The normalized spacial score (nSPS) is 15.9. The van der Waals surface area contributed by atoms with Crippen molar-refractivity contribution in [3.63, 3.8) is 0 Å². The van der Waals surface area contributed by atoms with Crippen LogP contribution in [0, 0.1) is 0 Å². The number of amides is 1. The summed E-state index contributed by atoms with van der Waals surface area (Å²) in [5.74, 6) is -0.376. The third-order valence-electron chi connectivity index (χ3n) is 2.00. The monoisotopic (exact) mass is 212 g/mol. The minimum absolute atomic E-state index is 0.0391. The molecule has 0 fully saturated rings. The molecule has 0 aromatic heterocycles. The molecule has 0 atom stereocenters. The van der Waals surface area contributed by atoms with Crippen LogP contribution >= 0.6 is 0 Å². The highest BCUT2D eigenvalue weighted by Crippen LogP contribution is 2.14. The first kappa shape index (κ1) is 11.7. The largest absolute Gasteiger partial charge is 0.466 e. The van der Waals surface area contributed by atoms with Gasteiger partial charge in [0.1, 0.15) is 0 Å². The third kappa shape index (κ3) is 3.04. The highest BCUT2D eigenvalue weighted by atomic mass is 16.5. The molecule has 0 aromatic rings. The van der Waals surface area contributed by atoms with Crippen molar-refractivity contribution in [3.05, 3.63) is 0 Å². The van der Waals surface area contributed by atoms with Crippen LogP contribution in [0.2, 0.25) is 0 Å². The van der Waals surface area contributed by atoms with Gasteiger partial charge in [-0.2, -0.15) is 5.10 Å². The molecule has 5 nitrogen and oxygen atoms in total. The van der Waals surface area contributed by atoms with E-state index in [9.17, 15) is 9.59 Å². The average Bonchev–Trinajstić information content (AvgIpc) is 2.47. The Balaban J connectivity index is 2.55. The molecule has 0 unspecified atom stereocenters. The van der Waals surface area contributed by atoms with Crippen molar-refractivity contribution in [1.29, 1.82) is 0 Å². The van der Waals surface area contributed by atoms with Gasteiger partial charge in [0.2, 0.25) is 5.91 Å². The smallest absolute Gasteiger partial charge is 0.311 e. The molecule has 0 bridgehead atoms. The first-order valence-corrected chi connectivity index (χ1v) is 5.08. The number of esters is 1. The summed E-state index contributed by atoms with van der Waals surface area (Å²) in [7, 11) is 0. The molecule has 1 heterocycles. The summed E-state index contributed by atoms with van der Waals surface area (Å²) < 4.78 is 4.79. The molecule has 84 valence electrons. The molecule has 15 heavy (non-hydrogen) atoms. The highest BCUT2D eigenvalue weighted by molar-refractivity contribution is 6.10. The molecule has 0 saturated carbocycles. The van der Waals surface area contributed by atoms with Gasteiger partial charge in [-0.15, -0.1) is 0 Å². The molecule has 0 aliphatic carbocycles. The van der Waals surface area contributed by atoms with Crippen molar-refractivity contribution in [2.45, 2.75) is 39.7 Å². The fourth-order valence-corrected chi connectivity index (χ4v) is 1.38. The summed E-state index contributed by atoms with van der Waals surface area (Å²) in [6.45, 7) is 5.87. The molecule has 0 saturated heterocycles. The zero-order valence-electron chi connectivity index (χ0n) is 9.32. The van der Waals surface area contributed by atoms with Crippen molar-refractivity contribution >= 4 is 17.6 Å². The van der Waals surface area contributed by atoms with Gasteiger partial charge < -0.3 is 4.74 Å². The second kappa shape index (κ2) is 4.91. The summed E-state index contributed by atoms with van der Waals surface area (Å²) in [5, 5.41) is 5.50. The zero-order chi connectivity index (χ0) is 11.4. The molecule has 0 spiro atoms. The van der Waals surface area contributed by atoms with E-state index in [1.165, 1.54) is 5.01 Å². The minimum atomic E-state index is -0.324. The van der Waals surface area contributed by atoms with Crippen LogP contribution in [0.1, 0.15) is 33.6 Å². The maximum atomic E-state index is 11.4. The van der Waals surface area contributed by atoms with Gasteiger partial charge in [0.05, 0.1) is 25.2 Å². The quantitative estimate of drug-likeness (QED) is 0.651. The van der Waals surface area contributed by atoms with Crippen LogP contribution in [-0.2, 0) is 14.3 Å². The molecule has 1 amide bonds. The van der Waals surface area contributed by atoms with E-state index in [1.807, 2.05) is 13.8 Å². The Kier molecular flexibility index (Phi) is 3.82. The Hall–Kier alpha value is -1.39. The van der Waals surface area contributed by atoms with Gasteiger partial charge in [-0.1, -0.05) is 0 Å². The fourth-order valence-electron chi connectivity index (χ4n) is 1.38. The van der Waals surface area contributed by atoms with Gasteiger partial charge in [0.15, 0.2) is 0 Å². The van der Waals surface area contributed by atoms with E-state index >= 15 is 0 Å². The number of ether oxygens (including phenoxy) is 1. The average molecular weight is 212 g/mol. The standard InChI is InChI=1S/C10H16N2O3/c1-4-15-10(14)6-8-5-9(13)12(11-8)7(2)3/h7H,4-6H2,1-3H3. The Morgan fingerprint density at radius 3 is 2.73 bits per heavy atom. The van der Waals surface area contributed by atoms with Crippen LogP contribution in [0.5, 0.6) is 0 Å². The van der Waals surface area contributed by atoms with Crippen LogP contribution in [0.25, 0.3) is 0 Å². The molecular formula is C10H16N2O3. The van der Waals surface area contributed by atoms with Crippen molar-refractivity contribution in [3.8, 4) is 0 Å². The number of nitrogens with zero attached hydrogens (tertiary/aromatic N) is 2. The lowest BCUT2D eigenvalue weighted by Gasteiger charge is -2.15. The second-order valence-corrected chi connectivity index (χ2v) is 3.66. The summed E-state index contributed by atoms with van der Waals surface area (Å²) in [6.07, 6.45) is 0.347. The summed E-state index contributed by atoms with van der Waals surface area (Å²) >= 11 is 0. The summed E-state index contributed by atoms with van der Waals surface area (Å²) in [4.78, 5) is 22.6. The van der Waals surface area contributed by atoms with Crippen LogP contribution in [-0.4, -0.2) is 35.2 Å². The van der Waals surface area contributed by atoms with E-state index in [1.54, 1.807) is 6.92 Å².